The zero-order chi connectivity index (χ0) is 13.2. The van der Waals surface area contributed by atoms with Crippen LogP contribution >= 0.6 is 0 Å². The van der Waals surface area contributed by atoms with E-state index in [4.69, 9.17) is 9.47 Å². The van der Waals surface area contributed by atoms with Crippen LogP contribution in [0, 0.1) is 0 Å². The molecule has 0 amide bonds. The molecule has 2 aliphatic heterocycles. The van der Waals surface area contributed by atoms with Crippen LogP contribution in [-0.2, 0) is 9.47 Å². The van der Waals surface area contributed by atoms with Crippen molar-refractivity contribution in [3.63, 3.8) is 0 Å². The van der Waals surface area contributed by atoms with Gasteiger partial charge in [-0.1, -0.05) is 0 Å². The van der Waals surface area contributed by atoms with Crippen molar-refractivity contribution in [2.24, 2.45) is 0 Å². The molecule has 0 aliphatic carbocycles. The second-order valence-electron chi connectivity index (χ2n) is 4.65. The summed E-state index contributed by atoms with van der Waals surface area (Å²) in [6, 6.07) is 0. The molecule has 0 aromatic carbocycles. The van der Waals surface area contributed by atoms with E-state index in [1.807, 2.05) is 12.2 Å². The van der Waals surface area contributed by atoms with Crippen molar-refractivity contribution in [1.29, 1.82) is 0 Å². The normalized spacial score (nSPS) is 34.4. The zero-order valence-corrected chi connectivity index (χ0v) is 14.5. The second-order valence-corrected chi connectivity index (χ2v) is 12.3. The van der Waals surface area contributed by atoms with E-state index < -0.39 is 0 Å². The third-order valence-corrected chi connectivity index (χ3v) is 14.3. The number of rotatable bonds is 3. The van der Waals surface area contributed by atoms with Gasteiger partial charge >= 0.3 is 120 Å². The summed E-state index contributed by atoms with van der Waals surface area (Å²) < 4.78 is 11.5. The summed E-state index contributed by atoms with van der Waals surface area (Å²) >= 11 is 0.751. The molecule has 4 heteroatoms. The van der Waals surface area contributed by atoms with E-state index in [0.29, 0.717) is 26.3 Å². The molecular formula is C14H18O2Se2. The van der Waals surface area contributed by atoms with Crippen molar-refractivity contribution < 1.29 is 9.47 Å². The average molecular weight is 376 g/mol. The minimum absolute atomic E-state index is 0.116. The average Bonchev–Trinajstić information content (AvgIpc) is 2.35. The molecule has 0 fully saturated rings. The summed E-state index contributed by atoms with van der Waals surface area (Å²) in [6.45, 7) is 8.66. The Labute approximate surface area is 120 Å². The Morgan fingerprint density at radius 2 is 1.22 bits per heavy atom. The standard InChI is InChI=1S/C14H18O2Se2/c1-11-7-5-9-15-13(11,3)17-18-14(4)12(2)8-6-10-16-14/h5-10H,1-4H3. The van der Waals surface area contributed by atoms with E-state index >= 15 is 0 Å². The Hall–Kier alpha value is -0.401. The van der Waals surface area contributed by atoms with Crippen molar-refractivity contribution in [2.75, 3.05) is 0 Å². The third-order valence-electron chi connectivity index (χ3n) is 3.23. The summed E-state index contributed by atoms with van der Waals surface area (Å²) in [7, 11) is 0. The van der Waals surface area contributed by atoms with Gasteiger partial charge in [0, 0.05) is 0 Å². The van der Waals surface area contributed by atoms with Crippen molar-refractivity contribution in [3.8, 4) is 0 Å². The van der Waals surface area contributed by atoms with Gasteiger partial charge in [-0.3, -0.25) is 0 Å². The predicted octanol–water partition coefficient (Wildman–Crippen LogP) is 2.72. The van der Waals surface area contributed by atoms with Crippen LogP contribution in [0.2, 0.25) is 0 Å². The van der Waals surface area contributed by atoms with Gasteiger partial charge in [0.05, 0.1) is 0 Å². The Kier molecular flexibility index (Phi) is 4.13. The van der Waals surface area contributed by atoms with Crippen LogP contribution in [0.5, 0.6) is 0 Å². The Balaban J connectivity index is 2.04. The van der Waals surface area contributed by atoms with Crippen LogP contribution in [0.25, 0.3) is 0 Å². The van der Waals surface area contributed by atoms with E-state index in [2.05, 4.69) is 39.8 Å². The summed E-state index contributed by atoms with van der Waals surface area (Å²) in [5.41, 5.74) is 2.62. The first-order valence-electron chi connectivity index (χ1n) is 5.87. The van der Waals surface area contributed by atoms with Crippen molar-refractivity contribution in [2.45, 2.75) is 36.7 Å². The van der Waals surface area contributed by atoms with Gasteiger partial charge in [-0.2, -0.15) is 0 Å². The van der Waals surface area contributed by atoms with Gasteiger partial charge in [0.15, 0.2) is 0 Å². The molecule has 2 nitrogen and oxygen atoms in total. The molecule has 0 saturated heterocycles. The molecular weight excluding hydrogens is 358 g/mol. The Morgan fingerprint density at radius 1 is 0.833 bits per heavy atom. The van der Waals surface area contributed by atoms with Gasteiger partial charge in [0.25, 0.3) is 0 Å². The van der Waals surface area contributed by atoms with E-state index in [1.54, 1.807) is 12.5 Å². The molecule has 0 bridgehead atoms. The summed E-state index contributed by atoms with van der Waals surface area (Å²) in [5, 5.41) is 0. The van der Waals surface area contributed by atoms with Gasteiger partial charge in [-0.25, -0.2) is 0 Å². The van der Waals surface area contributed by atoms with Crippen LogP contribution in [0.4, 0.5) is 0 Å². The fourth-order valence-corrected chi connectivity index (χ4v) is 10.6. The maximum absolute atomic E-state index is 5.85. The first-order chi connectivity index (χ1) is 8.46. The van der Waals surface area contributed by atoms with E-state index in [-0.39, 0.29) is 9.00 Å². The molecule has 18 heavy (non-hydrogen) atoms. The molecule has 0 aromatic rings. The molecule has 0 radical (unpaired) electrons. The van der Waals surface area contributed by atoms with Crippen molar-refractivity contribution >= 4 is 26.3 Å². The summed E-state index contributed by atoms with van der Waals surface area (Å²) in [6.07, 6.45) is 11.8. The fraction of sp³-hybridized carbons (Fsp3) is 0.429. The number of hydrogen-bond acceptors (Lipinski definition) is 2. The maximum atomic E-state index is 5.85. The molecule has 0 spiro atoms. The molecule has 98 valence electrons. The predicted molar refractivity (Wildman–Crippen MR) is 76.3 cm³/mol. The molecule has 0 saturated carbocycles. The van der Waals surface area contributed by atoms with E-state index in [0.717, 1.165) is 0 Å². The van der Waals surface area contributed by atoms with Crippen LogP contribution in [0.1, 0.15) is 27.7 Å². The van der Waals surface area contributed by atoms with Gasteiger partial charge in [-0.15, -0.1) is 0 Å². The molecule has 2 atom stereocenters. The first-order valence-corrected chi connectivity index (χ1v) is 11.9. The third kappa shape index (κ3) is 2.78. The fourth-order valence-electron chi connectivity index (χ4n) is 1.52. The van der Waals surface area contributed by atoms with Gasteiger partial charge in [-0.05, 0) is 0 Å². The van der Waals surface area contributed by atoms with E-state index in [1.165, 1.54) is 11.1 Å². The molecule has 2 aliphatic rings. The van der Waals surface area contributed by atoms with Crippen molar-refractivity contribution in [3.05, 3.63) is 48.0 Å². The molecule has 2 unspecified atom stereocenters. The van der Waals surface area contributed by atoms with Crippen molar-refractivity contribution in [1.82, 2.24) is 0 Å². The number of allylic oxidation sites excluding steroid dienone is 4. The summed E-state index contributed by atoms with van der Waals surface area (Å²) in [4.78, 5) is 0. The van der Waals surface area contributed by atoms with Gasteiger partial charge in [0.1, 0.15) is 0 Å². The Morgan fingerprint density at radius 3 is 1.56 bits per heavy atom. The first kappa shape index (κ1) is 14.0. The second kappa shape index (κ2) is 5.30. The molecule has 2 rings (SSSR count). The zero-order valence-electron chi connectivity index (χ0n) is 11.1. The van der Waals surface area contributed by atoms with Crippen LogP contribution in [0.3, 0.4) is 0 Å². The van der Waals surface area contributed by atoms with Gasteiger partial charge in [0.2, 0.25) is 0 Å². The monoisotopic (exact) mass is 378 g/mol. The van der Waals surface area contributed by atoms with Gasteiger partial charge < -0.3 is 0 Å². The summed E-state index contributed by atoms with van der Waals surface area (Å²) in [5.74, 6) is 0. The molecule has 2 heterocycles. The Bertz CT molecular complexity index is 409. The van der Waals surface area contributed by atoms with Crippen LogP contribution in [0.15, 0.2) is 48.0 Å². The number of ether oxygens (including phenoxy) is 2. The molecule has 0 aromatic heterocycles. The van der Waals surface area contributed by atoms with E-state index in [9.17, 15) is 0 Å². The molecule has 0 N–H and O–H groups in total. The van der Waals surface area contributed by atoms with Crippen LogP contribution in [-0.4, -0.2) is 35.3 Å². The minimum atomic E-state index is -0.116. The number of hydrogen-bond donors (Lipinski definition) is 0. The van der Waals surface area contributed by atoms with Crippen LogP contribution < -0.4 is 0 Å². The SMILES string of the molecule is CC1=CC=COC1(C)[Se][Se]C1(C)OC=CC=C1C. The topological polar surface area (TPSA) is 18.5 Å². The quantitative estimate of drug-likeness (QED) is 0.706.